The summed E-state index contributed by atoms with van der Waals surface area (Å²) in [5.41, 5.74) is -0.107. The minimum Gasteiger partial charge on any atom is -0.456 e. The molecule has 0 saturated carbocycles. The molecule has 10 heteroatoms. The molecule has 0 aliphatic rings. The second-order valence-corrected chi connectivity index (χ2v) is 7.77. The summed E-state index contributed by atoms with van der Waals surface area (Å²) in [5, 5.41) is 1.75. The summed E-state index contributed by atoms with van der Waals surface area (Å²) >= 11 is 4.33. The van der Waals surface area contributed by atoms with Gasteiger partial charge in [-0.05, 0) is 46.3 Å². The predicted octanol–water partition coefficient (Wildman–Crippen LogP) is 5.97. The fourth-order valence-corrected chi connectivity index (χ4v) is 3.88. The van der Waals surface area contributed by atoms with Crippen molar-refractivity contribution in [3.63, 3.8) is 0 Å². The molecular formula is C20H14BrF3N2O3S. The lowest BCUT2D eigenvalue weighted by molar-refractivity contribution is -0.137. The van der Waals surface area contributed by atoms with E-state index in [2.05, 4.69) is 20.9 Å². The zero-order chi connectivity index (χ0) is 21.9. The maximum atomic E-state index is 13.0. The molecule has 0 aliphatic heterocycles. The third-order valence-corrected chi connectivity index (χ3v) is 5.49. The van der Waals surface area contributed by atoms with Gasteiger partial charge in [-0.3, -0.25) is 9.69 Å². The zero-order valence-corrected chi connectivity index (χ0v) is 17.8. The van der Waals surface area contributed by atoms with Crippen molar-refractivity contribution in [2.24, 2.45) is 0 Å². The van der Waals surface area contributed by atoms with E-state index < -0.39 is 23.6 Å². The number of carbonyl (C=O) groups excluding carboxylic acids is 2. The van der Waals surface area contributed by atoms with E-state index in [4.69, 9.17) is 4.74 Å². The van der Waals surface area contributed by atoms with Crippen molar-refractivity contribution in [3.8, 4) is 0 Å². The number of esters is 1. The highest BCUT2D eigenvalue weighted by Gasteiger charge is 2.31. The maximum absolute atomic E-state index is 13.0. The van der Waals surface area contributed by atoms with Crippen LogP contribution in [0.15, 0.2) is 58.4 Å². The van der Waals surface area contributed by atoms with Gasteiger partial charge in [-0.2, -0.15) is 13.2 Å². The van der Waals surface area contributed by atoms with E-state index in [1.165, 1.54) is 19.1 Å². The van der Waals surface area contributed by atoms with Crippen molar-refractivity contribution >= 4 is 50.0 Å². The highest BCUT2D eigenvalue weighted by Crippen LogP contribution is 2.35. The third-order valence-electron chi connectivity index (χ3n) is 3.92. The van der Waals surface area contributed by atoms with Gasteiger partial charge in [0.2, 0.25) is 5.91 Å². The molecule has 0 atom stereocenters. The van der Waals surface area contributed by atoms with Gasteiger partial charge in [-0.15, -0.1) is 11.3 Å². The lowest BCUT2D eigenvalue weighted by Crippen LogP contribution is -2.23. The quantitative estimate of drug-likeness (QED) is 0.406. The Hall–Kier alpha value is -2.72. The molecule has 5 nitrogen and oxygen atoms in total. The molecule has 0 bridgehead atoms. The Kier molecular flexibility index (Phi) is 6.57. The van der Waals surface area contributed by atoms with Crippen molar-refractivity contribution in [1.82, 2.24) is 4.98 Å². The number of aromatic nitrogens is 1. The number of carbonyl (C=O) groups is 2. The van der Waals surface area contributed by atoms with Crippen LogP contribution in [0.3, 0.4) is 0 Å². The van der Waals surface area contributed by atoms with E-state index >= 15 is 0 Å². The van der Waals surface area contributed by atoms with E-state index in [1.54, 1.807) is 29.6 Å². The molecule has 0 N–H and O–H groups in total. The largest absolute Gasteiger partial charge is 0.456 e. The van der Waals surface area contributed by atoms with E-state index in [1.807, 2.05) is 0 Å². The number of hydrogen-bond acceptors (Lipinski definition) is 5. The predicted molar refractivity (Wildman–Crippen MR) is 110 cm³/mol. The highest BCUT2D eigenvalue weighted by molar-refractivity contribution is 9.10. The first kappa shape index (κ1) is 22.0. The van der Waals surface area contributed by atoms with Crippen LogP contribution in [-0.4, -0.2) is 16.9 Å². The molecule has 0 radical (unpaired) electrons. The smallest absolute Gasteiger partial charge is 0.416 e. The second-order valence-electron chi connectivity index (χ2n) is 6.08. The van der Waals surface area contributed by atoms with E-state index in [0.717, 1.165) is 28.4 Å². The number of benzene rings is 2. The number of halogens is 4. The Labute approximate surface area is 182 Å². The maximum Gasteiger partial charge on any atom is 0.416 e. The molecule has 0 unspecified atom stereocenters. The van der Waals surface area contributed by atoms with E-state index in [-0.39, 0.29) is 17.4 Å². The number of anilines is 2. The Morgan fingerprint density at radius 1 is 1.17 bits per heavy atom. The molecule has 30 heavy (non-hydrogen) atoms. The summed E-state index contributed by atoms with van der Waals surface area (Å²) in [5.74, 6) is -1.06. The van der Waals surface area contributed by atoms with Crippen molar-refractivity contribution in [3.05, 3.63) is 75.2 Å². The van der Waals surface area contributed by atoms with Crippen molar-refractivity contribution in [2.45, 2.75) is 19.7 Å². The number of nitrogens with zero attached hydrogens (tertiary/aromatic N) is 2. The fraction of sp³-hybridized carbons (Fsp3) is 0.150. The number of thiazole rings is 1. The summed E-state index contributed by atoms with van der Waals surface area (Å²) < 4.78 is 44.9. The Morgan fingerprint density at radius 2 is 1.90 bits per heavy atom. The molecule has 0 spiro atoms. The summed E-state index contributed by atoms with van der Waals surface area (Å²) in [6.07, 6.45) is -4.54. The Bertz CT molecular complexity index is 1080. The van der Waals surface area contributed by atoms with Crippen LogP contribution in [0.25, 0.3) is 0 Å². The van der Waals surface area contributed by atoms with Gasteiger partial charge >= 0.3 is 12.1 Å². The molecule has 1 heterocycles. The second kappa shape index (κ2) is 8.97. The molecule has 156 valence electrons. The van der Waals surface area contributed by atoms with Gasteiger partial charge in [0, 0.05) is 16.8 Å². The average molecular weight is 499 g/mol. The number of hydrogen-bond donors (Lipinski definition) is 0. The Morgan fingerprint density at radius 3 is 2.57 bits per heavy atom. The molecule has 3 aromatic rings. The highest BCUT2D eigenvalue weighted by atomic mass is 79.9. The van der Waals surface area contributed by atoms with Gasteiger partial charge in [-0.25, -0.2) is 9.78 Å². The lowest BCUT2D eigenvalue weighted by atomic mass is 10.2. The molecule has 2 aromatic carbocycles. The summed E-state index contributed by atoms with van der Waals surface area (Å²) in [6.45, 7) is 1.08. The van der Waals surface area contributed by atoms with Gasteiger partial charge in [-0.1, -0.05) is 18.2 Å². The van der Waals surface area contributed by atoms with E-state index in [0.29, 0.717) is 15.7 Å². The van der Waals surface area contributed by atoms with Crippen LogP contribution in [0.1, 0.15) is 28.5 Å². The fourth-order valence-electron chi connectivity index (χ4n) is 2.56. The van der Waals surface area contributed by atoms with Crippen molar-refractivity contribution < 1.29 is 27.5 Å². The van der Waals surface area contributed by atoms with Gasteiger partial charge < -0.3 is 4.74 Å². The van der Waals surface area contributed by atoms with Gasteiger partial charge in [0.1, 0.15) is 6.61 Å². The Balaban J connectivity index is 1.78. The monoisotopic (exact) mass is 498 g/mol. The summed E-state index contributed by atoms with van der Waals surface area (Å²) in [7, 11) is 0. The first-order valence-corrected chi connectivity index (χ1v) is 10.2. The van der Waals surface area contributed by atoms with Gasteiger partial charge in [0.05, 0.1) is 22.5 Å². The summed E-state index contributed by atoms with van der Waals surface area (Å²) in [4.78, 5) is 29.6. The minimum atomic E-state index is -4.54. The van der Waals surface area contributed by atoms with Crippen LogP contribution in [0.5, 0.6) is 0 Å². The van der Waals surface area contributed by atoms with Crippen LogP contribution in [-0.2, 0) is 22.3 Å². The molecule has 0 fully saturated rings. The van der Waals surface area contributed by atoms with E-state index in [9.17, 15) is 22.8 Å². The number of amides is 1. The summed E-state index contributed by atoms with van der Waals surface area (Å²) in [6, 6.07) is 11.2. The first-order valence-electron chi connectivity index (χ1n) is 8.51. The first-order chi connectivity index (χ1) is 14.2. The standard InChI is InChI=1S/C20H14BrF3N2O3S/c1-12(27)26(15-6-4-5-13(9-15)20(22,23)24)19-25-14(11-30-19)10-29-18(28)16-7-2-3-8-17(16)21/h2-9,11H,10H2,1H3. The number of alkyl halides is 3. The molecule has 0 saturated heterocycles. The third kappa shape index (κ3) is 5.06. The molecule has 1 aromatic heterocycles. The molecular weight excluding hydrogens is 485 g/mol. The van der Waals surface area contributed by atoms with Crippen LogP contribution in [0.4, 0.5) is 24.0 Å². The lowest BCUT2D eigenvalue weighted by Gasteiger charge is -2.19. The van der Waals surface area contributed by atoms with Crippen LogP contribution in [0.2, 0.25) is 0 Å². The van der Waals surface area contributed by atoms with Crippen LogP contribution < -0.4 is 4.90 Å². The zero-order valence-electron chi connectivity index (χ0n) is 15.4. The minimum absolute atomic E-state index is 0.0448. The number of ether oxygens (including phenoxy) is 1. The van der Waals surface area contributed by atoms with Gasteiger partial charge in [0.25, 0.3) is 0 Å². The average Bonchev–Trinajstić information content (AvgIpc) is 3.14. The van der Waals surface area contributed by atoms with Crippen LogP contribution in [0, 0.1) is 0 Å². The van der Waals surface area contributed by atoms with Gasteiger partial charge in [0.15, 0.2) is 5.13 Å². The normalized spacial score (nSPS) is 11.2. The van der Waals surface area contributed by atoms with Crippen molar-refractivity contribution in [1.29, 1.82) is 0 Å². The molecule has 0 aliphatic carbocycles. The molecule has 3 rings (SSSR count). The topological polar surface area (TPSA) is 59.5 Å². The SMILES string of the molecule is CC(=O)N(c1cccc(C(F)(F)F)c1)c1nc(COC(=O)c2ccccc2Br)cs1. The van der Waals surface area contributed by atoms with Crippen LogP contribution >= 0.6 is 27.3 Å². The molecule has 1 amide bonds. The van der Waals surface area contributed by atoms with Crippen molar-refractivity contribution in [2.75, 3.05) is 4.90 Å². The number of rotatable bonds is 5.